The topological polar surface area (TPSA) is 70.9 Å². The fraction of sp³-hybridized carbons (Fsp3) is 0.353. The van der Waals surface area contributed by atoms with E-state index < -0.39 is 0 Å². The highest BCUT2D eigenvalue weighted by Gasteiger charge is 2.20. The molecule has 6 heteroatoms. The van der Waals surface area contributed by atoms with Crippen LogP contribution in [-0.2, 0) is 0 Å². The maximum atomic E-state index is 14.1. The van der Waals surface area contributed by atoms with E-state index in [0.29, 0.717) is 11.2 Å². The number of halogens is 1. The molecule has 0 aromatic heterocycles. The summed E-state index contributed by atoms with van der Waals surface area (Å²) in [5.41, 5.74) is 6.60. The number of fused-ring (bicyclic) bond motifs is 1. The van der Waals surface area contributed by atoms with E-state index in [1.165, 1.54) is 11.2 Å². The standard InChI is InChI=1S/C17H24FN5/c1-12(19)21-23(20)17(10-11-22(2)3)15-8-9-16(18)14-7-5-4-6-13(14)15/h4-9,17H,10-11,20H2,1-3H3,(H2,19,21). The van der Waals surface area contributed by atoms with Crippen LogP contribution in [-0.4, -0.2) is 36.5 Å². The van der Waals surface area contributed by atoms with Crippen LogP contribution in [0.3, 0.4) is 0 Å². The van der Waals surface area contributed by atoms with Gasteiger partial charge in [0, 0.05) is 5.39 Å². The Morgan fingerprint density at radius 1 is 1.17 bits per heavy atom. The largest absolute Gasteiger partial charge is 0.386 e. The summed E-state index contributed by atoms with van der Waals surface area (Å²) in [7, 11) is 4.00. The number of benzene rings is 2. The molecular formula is C17H24FN5. The van der Waals surface area contributed by atoms with Crippen molar-refractivity contribution in [3.05, 3.63) is 47.8 Å². The third kappa shape index (κ3) is 4.18. The van der Waals surface area contributed by atoms with Gasteiger partial charge in [0.1, 0.15) is 11.7 Å². The predicted octanol–water partition coefficient (Wildman–Crippen LogP) is 2.44. The number of hydrazine groups is 1. The third-order valence-corrected chi connectivity index (χ3v) is 3.71. The molecule has 0 aliphatic heterocycles. The van der Waals surface area contributed by atoms with Crippen LogP contribution in [0.2, 0.25) is 0 Å². The highest BCUT2D eigenvalue weighted by Crippen LogP contribution is 2.31. The fourth-order valence-electron chi connectivity index (χ4n) is 2.64. The van der Waals surface area contributed by atoms with Gasteiger partial charge in [-0.15, -0.1) is 5.10 Å². The molecule has 23 heavy (non-hydrogen) atoms. The van der Waals surface area contributed by atoms with Crippen LogP contribution in [0.25, 0.3) is 10.8 Å². The number of hydrazone groups is 1. The number of hydrogen-bond acceptors (Lipinski definition) is 4. The van der Waals surface area contributed by atoms with Gasteiger partial charge < -0.3 is 10.6 Å². The number of rotatable bonds is 6. The summed E-state index contributed by atoms with van der Waals surface area (Å²) in [5.74, 6) is 6.26. The molecule has 0 radical (unpaired) electrons. The van der Waals surface area contributed by atoms with Gasteiger partial charge in [0.2, 0.25) is 0 Å². The maximum absolute atomic E-state index is 14.1. The molecule has 0 amide bonds. The van der Waals surface area contributed by atoms with E-state index in [1.807, 2.05) is 32.3 Å². The summed E-state index contributed by atoms with van der Waals surface area (Å²) in [6.45, 7) is 2.51. The summed E-state index contributed by atoms with van der Waals surface area (Å²) in [4.78, 5) is 2.07. The quantitative estimate of drug-likeness (QED) is 0.371. The van der Waals surface area contributed by atoms with E-state index in [9.17, 15) is 4.39 Å². The van der Waals surface area contributed by atoms with Crippen LogP contribution >= 0.6 is 0 Å². The molecule has 1 unspecified atom stereocenters. The Morgan fingerprint density at radius 3 is 2.43 bits per heavy atom. The second kappa shape index (κ2) is 7.39. The Morgan fingerprint density at radius 2 is 1.83 bits per heavy atom. The van der Waals surface area contributed by atoms with Crippen molar-refractivity contribution in [1.82, 2.24) is 10.0 Å². The van der Waals surface area contributed by atoms with Crippen molar-refractivity contribution in [3.8, 4) is 0 Å². The molecule has 2 aromatic carbocycles. The highest BCUT2D eigenvalue weighted by atomic mass is 19.1. The minimum atomic E-state index is -0.238. The number of hydrogen-bond donors (Lipinski definition) is 2. The Hall–Kier alpha value is -2.18. The maximum Gasteiger partial charge on any atom is 0.131 e. The Kier molecular flexibility index (Phi) is 5.52. The van der Waals surface area contributed by atoms with Gasteiger partial charge >= 0.3 is 0 Å². The summed E-state index contributed by atoms with van der Waals surface area (Å²) in [6, 6.07) is 10.5. The first-order valence-corrected chi connectivity index (χ1v) is 7.56. The molecular weight excluding hydrogens is 293 g/mol. The van der Waals surface area contributed by atoms with E-state index in [4.69, 9.17) is 11.6 Å². The second-order valence-electron chi connectivity index (χ2n) is 5.91. The lowest BCUT2D eigenvalue weighted by molar-refractivity contribution is 0.187. The van der Waals surface area contributed by atoms with Crippen LogP contribution in [0.1, 0.15) is 24.9 Å². The van der Waals surface area contributed by atoms with Crippen LogP contribution in [0.5, 0.6) is 0 Å². The van der Waals surface area contributed by atoms with Gasteiger partial charge in [-0.25, -0.2) is 15.4 Å². The van der Waals surface area contributed by atoms with E-state index in [1.54, 1.807) is 19.1 Å². The minimum Gasteiger partial charge on any atom is -0.386 e. The lowest BCUT2D eigenvalue weighted by Gasteiger charge is -2.28. The van der Waals surface area contributed by atoms with Crippen molar-refractivity contribution < 1.29 is 4.39 Å². The number of amidine groups is 1. The smallest absolute Gasteiger partial charge is 0.131 e. The molecule has 5 nitrogen and oxygen atoms in total. The lowest BCUT2D eigenvalue weighted by Crippen LogP contribution is -2.34. The fourth-order valence-corrected chi connectivity index (χ4v) is 2.64. The van der Waals surface area contributed by atoms with Crippen molar-refractivity contribution >= 4 is 16.6 Å². The molecule has 2 aromatic rings. The predicted molar refractivity (Wildman–Crippen MR) is 93.1 cm³/mol. The van der Waals surface area contributed by atoms with Crippen molar-refractivity contribution in [2.24, 2.45) is 16.7 Å². The van der Waals surface area contributed by atoms with Gasteiger partial charge in [-0.05, 0) is 51.0 Å². The molecule has 0 heterocycles. The molecule has 0 spiro atoms. The van der Waals surface area contributed by atoms with Crippen molar-refractivity contribution in [2.75, 3.05) is 20.6 Å². The second-order valence-corrected chi connectivity index (χ2v) is 5.91. The molecule has 1 atom stereocenters. The van der Waals surface area contributed by atoms with E-state index in [-0.39, 0.29) is 11.9 Å². The summed E-state index contributed by atoms with van der Waals surface area (Å²) < 4.78 is 14.1. The zero-order valence-electron chi connectivity index (χ0n) is 13.8. The van der Waals surface area contributed by atoms with Gasteiger partial charge in [0.25, 0.3) is 0 Å². The first kappa shape index (κ1) is 17.2. The van der Waals surface area contributed by atoms with Crippen molar-refractivity contribution in [3.63, 3.8) is 0 Å². The third-order valence-electron chi connectivity index (χ3n) is 3.71. The highest BCUT2D eigenvalue weighted by molar-refractivity contribution is 5.86. The molecule has 0 bridgehead atoms. The number of nitrogens with zero attached hydrogens (tertiary/aromatic N) is 3. The summed E-state index contributed by atoms with van der Waals surface area (Å²) in [6.07, 6.45) is 0.746. The van der Waals surface area contributed by atoms with Gasteiger partial charge in [0.15, 0.2) is 0 Å². The lowest BCUT2D eigenvalue weighted by atomic mass is 9.96. The average molecular weight is 317 g/mol. The van der Waals surface area contributed by atoms with E-state index >= 15 is 0 Å². The molecule has 124 valence electrons. The van der Waals surface area contributed by atoms with Gasteiger partial charge in [-0.1, -0.05) is 30.3 Å². The van der Waals surface area contributed by atoms with E-state index in [2.05, 4.69) is 10.0 Å². The van der Waals surface area contributed by atoms with Crippen LogP contribution in [0.4, 0.5) is 4.39 Å². The average Bonchev–Trinajstić information content (AvgIpc) is 2.48. The van der Waals surface area contributed by atoms with Gasteiger partial charge in [-0.2, -0.15) is 0 Å². The normalized spacial score (nSPS) is 13.6. The molecule has 0 saturated heterocycles. The molecule has 2 rings (SSSR count). The molecule has 0 fully saturated rings. The minimum absolute atomic E-state index is 0.193. The zero-order chi connectivity index (χ0) is 17.0. The molecule has 0 saturated carbocycles. The Labute approximate surface area is 136 Å². The SMILES string of the molecule is C/C(N)=N/N(N)C(CCN(C)C)c1ccc(F)c2ccccc12. The Bertz CT molecular complexity index is 694. The van der Waals surface area contributed by atoms with E-state index in [0.717, 1.165) is 23.9 Å². The van der Waals surface area contributed by atoms with Gasteiger partial charge in [0.05, 0.1) is 6.04 Å². The zero-order valence-corrected chi connectivity index (χ0v) is 13.8. The first-order chi connectivity index (χ1) is 10.9. The Balaban J connectivity index is 2.50. The van der Waals surface area contributed by atoms with Crippen LogP contribution in [0.15, 0.2) is 41.5 Å². The van der Waals surface area contributed by atoms with Gasteiger partial charge in [-0.3, -0.25) is 0 Å². The summed E-state index contributed by atoms with van der Waals surface area (Å²) >= 11 is 0. The van der Waals surface area contributed by atoms with Crippen molar-refractivity contribution in [2.45, 2.75) is 19.4 Å². The van der Waals surface area contributed by atoms with Crippen LogP contribution < -0.4 is 11.6 Å². The van der Waals surface area contributed by atoms with Crippen LogP contribution in [0, 0.1) is 5.82 Å². The first-order valence-electron chi connectivity index (χ1n) is 7.56. The molecule has 4 N–H and O–H groups in total. The van der Waals surface area contributed by atoms with Crippen molar-refractivity contribution in [1.29, 1.82) is 0 Å². The molecule has 0 aliphatic rings. The summed E-state index contributed by atoms with van der Waals surface area (Å²) in [5, 5.41) is 6.96. The number of nitrogens with two attached hydrogens (primary N) is 2. The monoisotopic (exact) mass is 317 g/mol. The molecule has 0 aliphatic carbocycles.